The lowest BCUT2D eigenvalue weighted by molar-refractivity contribution is 0.0111. The molecule has 1 saturated heterocycles. The van der Waals surface area contributed by atoms with Crippen molar-refractivity contribution >= 4 is 26.7 Å². The average Bonchev–Trinajstić information content (AvgIpc) is 2.58. The number of nitrogens with zero attached hydrogens (tertiary/aromatic N) is 6. The Morgan fingerprint density at radius 3 is 1.89 bits per heavy atom. The van der Waals surface area contributed by atoms with Crippen LogP contribution in [0, 0.1) is 0 Å². The van der Waals surface area contributed by atoms with Crippen LogP contribution in [0.1, 0.15) is 0 Å². The summed E-state index contributed by atoms with van der Waals surface area (Å²) in [6.07, 6.45) is -0.248. The van der Waals surface area contributed by atoms with Crippen LogP contribution in [0.5, 0.6) is 0 Å². The molecular formula is C11H23BrN6O. The van der Waals surface area contributed by atoms with E-state index >= 15 is 0 Å². The Morgan fingerprint density at radius 1 is 1.16 bits per heavy atom. The highest BCUT2D eigenvalue weighted by molar-refractivity contribution is 9.18. The summed E-state index contributed by atoms with van der Waals surface area (Å²) in [6, 6.07) is 0. The number of hydrogen-bond donors (Lipinski definition) is 0. The number of hydrazone groups is 1. The number of guanidine groups is 1. The van der Waals surface area contributed by atoms with E-state index in [4.69, 9.17) is 0 Å². The molecule has 1 rings (SSSR count). The highest BCUT2D eigenvalue weighted by Gasteiger charge is 2.29. The van der Waals surface area contributed by atoms with Crippen LogP contribution in [0.3, 0.4) is 0 Å². The third kappa shape index (κ3) is 3.80. The SMILES string of the molecule is CN1CCN(C)C1=NN(C(=O)Br)C(N(C)C)N(C)C. The average molecular weight is 335 g/mol. The maximum absolute atomic E-state index is 11.8. The van der Waals surface area contributed by atoms with Crippen LogP contribution < -0.4 is 0 Å². The molecule has 0 aromatic carbocycles. The number of amides is 1. The molecule has 1 heterocycles. The van der Waals surface area contributed by atoms with Gasteiger partial charge in [-0.1, -0.05) is 0 Å². The van der Waals surface area contributed by atoms with Crippen LogP contribution in [0.25, 0.3) is 0 Å². The second-order valence-corrected chi connectivity index (χ2v) is 5.79. The number of hydrogen-bond acceptors (Lipinski definition) is 4. The predicted octanol–water partition coefficient (Wildman–Crippen LogP) is 0.358. The second kappa shape index (κ2) is 6.53. The molecular weight excluding hydrogens is 312 g/mol. The van der Waals surface area contributed by atoms with E-state index in [0.717, 1.165) is 19.0 Å². The van der Waals surface area contributed by atoms with Gasteiger partial charge in [-0.05, 0) is 28.2 Å². The summed E-state index contributed by atoms with van der Waals surface area (Å²) in [4.78, 5) is 19.5. The molecule has 1 aliphatic heterocycles. The van der Waals surface area contributed by atoms with Gasteiger partial charge >= 0.3 is 4.82 Å². The van der Waals surface area contributed by atoms with E-state index in [1.54, 1.807) is 0 Å². The molecule has 1 amide bonds. The van der Waals surface area contributed by atoms with Crippen molar-refractivity contribution in [1.82, 2.24) is 24.6 Å². The van der Waals surface area contributed by atoms with Crippen LogP contribution in [0.2, 0.25) is 0 Å². The highest BCUT2D eigenvalue weighted by atomic mass is 79.9. The lowest BCUT2D eigenvalue weighted by atomic mass is 10.6. The largest absolute Gasteiger partial charge is 0.343 e. The molecule has 1 aliphatic rings. The first-order chi connectivity index (χ1) is 8.75. The number of rotatable bonds is 4. The van der Waals surface area contributed by atoms with Crippen molar-refractivity contribution in [3.63, 3.8) is 0 Å². The van der Waals surface area contributed by atoms with E-state index in [9.17, 15) is 4.79 Å². The fourth-order valence-electron chi connectivity index (χ4n) is 2.12. The zero-order chi connectivity index (χ0) is 14.7. The van der Waals surface area contributed by atoms with Crippen LogP contribution in [0.4, 0.5) is 4.79 Å². The normalized spacial score (nSPS) is 16.0. The van der Waals surface area contributed by atoms with Gasteiger partial charge in [-0.2, -0.15) is 5.01 Å². The van der Waals surface area contributed by atoms with Crippen LogP contribution in [0.15, 0.2) is 5.10 Å². The van der Waals surface area contributed by atoms with Crippen molar-refractivity contribution < 1.29 is 4.79 Å². The number of halogens is 1. The van der Waals surface area contributed by atoms with Gasteiger partial charge in [0.2, 0.25) is 5.96 Å². The highest BCUT2D eigenvalue weighted by Crippen LogP contribution is 2.14. The van der Waals surface area contributed by atoms with Crippen LogP contribution in [-0.4, -0.2) is 97.0 Å². The van der Waals surface area contributed by atoms with Crippen molar-refractivity contribution in [3.05, 3.63) is 0 Å². The molecule has 1 fully saturated rings. The maximum Gasteiger partial charge on any atom is 0.312 e. The Morgan fingerprint density at radius 2 is 1.58 bits per heavy atom. The molecule has 8 heteroatoms. The van der Waals surface area contributed by atoms with E-state index < -0.39 is 0 Å². The number of carbonyl (C=O) groups excluding carboxylic acids is 1. The van der Waals surface area contributed by atoms with Gasteiger partial charge in [0.1, 0.15) is 0 Å². The Kier molecular flexibility index (Phi) is 5.57. The van der Waals surface area contributed by atoms with E-state index in [-0.39, 0.29) is 11.1 Å². The molecule has 110 valence electrons. The topological polar surface area (TPSA) is 45.6 Å². The van der Waals surface area contributed by atoms with E-state index in [2.05, 4.69) is 21.0 Å². The lowest BCUT2D eigenvalue weighted by Crippen LogP contribution is -2.53. The first kappa shape index (κ1) is 16.2. The number of carbonyl (C=O) groups is 1. The fraction of sp³-hybridized carbons (Fsp3) is 0.818. The summed E-state index contributed by atoms with van der Waals surface area (Å²) < 4.78 is 0. The minimum absolute atomic E-state index is 0.248. The zero-order valence-corrected chi connectivity index (χ0v) is 14.0. The summed E-state index contributed by atoms with van der Waals surface area (Å²) in [5.74, 6) is 0.793. The Balaban J connectivity index is 3.07. The third-order valence-corrected chi connectivity index (χ3v) is 3.34. The molecule has 0 spiro atoms. The third-order valence-electron chi connectivity index (χ3n) is 2.97. The van der Waals surface area contributed by atoms with Gasteiger partial charge in [-0.25, -0.2) is 0 Å². The first-order valence-corrected chi connectivity index (χ1v) is 6.87. The van der Waals surface area contributed by atoms with Crippen molar-refractivity contribution in [2.75, 3.05) is 55.4 Å². The maximum atomic E-state index is 11.8. The van der Waals surface area contributed by atoms with Gasteiger partial charge in [-0.3, -0.25) is 14.6 Å². The summed E-state index contributed by atoms with van der Waals surface area (Å²) in [7, 11) is 11.6. The monoisotopic (exact) mass is 334 g/mol. The Labute approximate surface area is 123 Å². The van der Waals surface area contributed by atoms with E-state index in [0.29, 0.717) is 0 Å². The fourth-order valence-corrected chi connectivity index (χ4v) is 2.38. The Bertz CT molecular complexity index is 339. The predicted molar refractivity (Wildman–Crippen MR) is 80.0 cm³/mol. The van der Waals surface area contributed by atoms with Gasteiger partial charge < -0.3 is 9.80 Å². The quantitative estimate of drug-likeness (QED) is 0.321. The summed E-state index contributed by atoms with van der Waals surface area (Å²) in [5.41, 5.74) is 0. The van der Waals surface area contributed by atoms with Gasteiger partial charge in [-0.15, -0.1) is 5.10 Å². The molecule has 0 aromatic rings. The Hall–Kier alpha value is -0.860. The molecule has 0 N–H and O–H groups in total. The van der Waals surface area contributed by atoms with Crippen LogP contribution >= 0.6 is 15.9 Å². The molecule has 0 radical (unpaired) electrons. The molecule has 19 heavy (non-hydrogen) atoms. The van der Waals surface area contributed by atoms with Crippen molar-refractivity contribution in [1.29, 1.82) is 0 Å². The summed E-state index contributed by atoms with van der Waals surface area (Å²) in [5, 5.41) is 5.94. The molecule has 7 nitrogen and oxygen atoms in total. The smallest absolute Gasteiger partial charge is 0.312 e. The second-order valence-electron chi connectivity index (χ2n) is 5.11. The molecule has 0 saturated carbocycles. The van der Waals surface area contributed by atoms with Crippen LogP contribution in [-0.2, 0) is 0 Å². The standard InChI is InChI=1S/C11H23BrN6O/c1-14(2)11(15(3)4)18(9(12)19)13-10-16(5)7-8-17(10)6/h11H,7-8H2,1-6H3. The van der Waals surface area contributed by atoms with Crippen molar-refractivity contribution in [3.8, 4) is 0 Å². The van der Waals surface area contributed by atoms with E-state index in [1.807, 2.05) is 61.9 Å². The number of likely N-dealkylation sites (N-methyl/N-ethyl adjacent to an activating group) is 2. The molecule has 0 unspecified atom stereocenters. The van der Waals surface area contributed by atoms with Crippen molar-refractivity contribution in [2.24, 2.45) is 5.10 Å². The minimum Gasteiger partial charge on any atom is -0.343 e. The molecule has 0 aliphatic carbocycles. The van der Waals surface area contributed by atoms with Gasteiger partial charge in [0.25, 0.3) is 0 Å². The van der Waals surface area contributed by atoms with Gasteiger partial charge in [0, 0.05) is 43.1 Å². The molecule has 0 aromatic heterocycles. The minimum atomic E-state index is -0.263. The van der Waals surface area contributed by atoms with E-state index in [1.165, 1.54) is 5.01 Å². The summed E-state index contributed by atoms with van der Waals surface area (Å²) >= 11 is 3.01. The first-order valence-electron chi connectivity index (χ1n) is 6.08. The summed E-state index contributed by atoms with van der Waals surface area (Å²) in [6.45, 7) is 1.82. The molecule has 0 atom stereocenters. The zero-order valence-electron chi connectivity index (χ0n) is 12.5. The lowest BCUT2D eigenvalue weighted by Gasteiger charge is -2.36. The van der Waals surface area contributed by atoms with Gasteiger partial charge in [0.05, 0.1) is 0 Å². The van der Waals surface area contributed by atoms with Crippen molar-refractivity contribution in [2.45, 2.75) is 6.29 Å². The molecule has 0 bridgehead atoms. The van der Waals surface area contributed by atoms with Gasteiger partial charge in [0.15, 0.2) is 6.29 Å².